The smallest absolute Gasteiger partial charge is 0.255 e. The summed E-state index contributed by atoms with van der Waals surface area (Å²) in [5.41, 5.74) is 1.89. The van der Waals surface area contributed by atoms with Gasteiger partial charge in [0.1, 0.15) is 0 Å². The van der Waals surface area contributed by atoms with Gasteiger partial charge in [0.25, 0.3) is 5.91 Å². The Balaban J connectivity index is 1.71. The molecular weight excluding hydrogens is 322 g/mol. The van der Waals surface area contributed by atoms with Crippen LogP contribution in [0.15, 0.2) is 29.6 Å². The zero-order valence-corrected chi connectivity index (χ0v) is 14.6. The largest absolute Gasteiger partial charge is 0.339 e. The average Bonchev–Trinajstić information content (AvgIpc) is 3.00. The molecule has 6 heteroatoms. The van der Waals surface area contributed by atoms with Gasteiger partial charge < -0.3 is 10.2 Å². The van der Waals surface area contributed by atoms with Gasteiger partial charge in [0.2, 0.25) is 5.91 Å². The summed E-state index contributed by atoms with van der Waals surface area (Å²) in [6.45, 7) is 3.50. The number of likely N-dealkylation sites (tertiary alicyclic amines) is 1. The molecule has 1 N–H and O–H groups in total. The van der Waals surface area contributed by atoms with Gasteiger partial charge in [0.05, 0.1) is 28.4 Å². The van der Waals surface area contributed by atoms with Gasteiger partial charge in [-0.05, 0) is 38.3 Å². The molecule has 0 bridgehead atoms. The number of aryl methyl sites for hydroxylation is 1. The maximum Gasteiger partial charge on any atom is 0.255 e. The second-order valence-electron chi connectivity index (χ2n) is 5.98. The van der Waals surface area contributed by atoms with E-state index < -0.39 is 0 Å². The minimum atomic E-state index is -0.154. The molecular formula is C18H21N3O2S. The first-order valence-corrected chi connectivity index (χ1v) is 9.10. The molecule has 2 heterocycles. The zero-order chi connectivity index (χ0) is 16.9. The van der Waals surface area contributed by atoms with E-state index in [1.165, 1.54) is 17.8 Å². The van der Waals surface area contributed by atoms with Crippen molar-refractivity contribution in [3.8, 4) is 0 Å². The topological polar surface area (TPSA) is 62.3 Å². The molecule has 126 valence electrons. The number of nitrogens with zero attached hydrogens (tertiary/aromatic N) is 2. The van der Waals surface area contributed by atoms with E-state index in [0.717, 1.165) is 36.6 Å². The first-order chi connectivity index (χ1) is 11.6. The summed E-state index contributed by atoms with van der Waals surface area (Å²) in [5, 5.41) is 5.70. The molecule has 1 fully saturated rings. The predicted octanol–water partition coefficient (Wildman–Crippen LogP) is 3.26. The molecule has 1 aliphatic heterocycles. The minimum Gasteiger partial charge on any atom is -0.339 e. The first kappa shape index (κ1) is 16.6. The number of anilines is 1. The fourth-order valence-corrected chi connectivity index (χ4v) is 3.51. The van der Waals surface area contributed by atoms with E-state index in [9.17, 15) is 9.59 Å². The normalized spacial score (nSPS) is 14.5. The molecule has 1 aromatic carbocycles. The standard InChI is InChI=1S/C18H21N3O2S/c1-13-19-14(12-24-13)11-17(22)20-16-8-4-3-7-15(16)18(23)21-9-5-2-6-10-21/h3-4,7-8,12H,2,5-6,9-11H2,1H3,(H,20,22). The Morgan fingerprint density at radius 2 is 1.96 bits per heavy atom. The number of para-hydroxylation sites is 1. The summed E-state index contributed by atoms with van der Waals surface area (Å²) < 4.78 is 0. The van der Waals surface area contributed by atoms with Crippen LogP contribution in [0.3, 0.4) is 0 Å². The van der Waals surface area contributed by atoms with Crippen molar-refractivity contribution in [2.45, 2.75) is 32.6 Å². The Kier molecular flexibility index (Phi) is 5.25. The van der Waals surface area contributed by atoms with Crippen molar-refractivity contribution in [1.82, 2.24) is 9.88 Å². The summed E-state index contributed by atoms with van der Waals surface area (Å²) >= 11 is 1.53. The second kappa shape index (κ2) is 7.57. The number of carbonyl (C=O) groups is 2. The number of aromatic nitrogens is 1. The highest BCUT2D eigenvalue weighted by Gasteiger charge is 2.21. The lowest BCUT2D eigenvalue weighted by Crippen LogP contribution is -2.36. The van der Waals surface area contributed by atoms with Crippen LogP contribution in [-0.4, -0.2) is 34.8 Å². The van der Waals surface area contributed by atoms with Gasteiger partial charge in [-0.3, -0.25) is 9.59 Å². The number of hydrogen-bond donors (Lipinski definition) is 1. The van der Waals surface area contributed by atoms with E-state index in [2.05, 4.69) is 10.3 Å². The SMILES string of the molecule is Cc1nc(CC(=O)Nc2ccccc2C(=O)N2CCCCC2)cs1. The van der Waals surface area contributed by atoms with E-state index in [1.807, 2.05) is 29.3 Å². The van der Waals surface area contributed by atoms with Crippen LogP contribution in [0, 0.1) is 6.92 Å². The van der Waals surface area contributed by atoms with E-state index >= 15 is 0 Å². The molecule has 5 nitrogen and oxygen atoms in total. The Hall–Kier alpha value is -2.21. The number of amides is 2. The average molecular weight is 343 g/mol. The number of rotatable bonds is 4. The highest BCUT2D eigenvalue weighted by Crippen LogP contribution is 2.20. The zero-order valence-electron chi connectivity index (χ0n) is 13.7. The third-order valence-corrected chi connectivity index (χ3v) is 4.91. The lowest BCUT2D eigenvalue weighted by atomic mass is 10.1. The van der Waals surface area contributed by atoms with E-state index in [-0.39, 0.29) is 18.2 Å². The third kappa shape index (κ3) is 4.00. The van der Waals surface area contributed by atoms with Gasteiger partial charge in [-0.1, -0.05) is 12.1 Å². The minimum absolute atomic E-state index is 0.00453. The lowest BCUT2D eigenvalue weighted by Gasteiger charge is -2.27. The van der Waals surface area contributed by atoms with Crippen LogP contribution in [0.4, 0.5) is 5.69 Å². The Morgan fingerprint density at radius 3 is 2.67 bits per heavy atom. The van der Waals surface area contributed by atoms with Gasteiger partial charge in [0.15, 0.2) is 0 Å². The van der Waals surface area contributed by atoms with Gasteiger partial charge in [0, 0.05) is 18.5 Å². The van der Waals surface area contributed by atoms with Crippen molar-refractivity contribution in [3.63, 3.8) is 0 Å². The van der Waals surface area contributed by atoms with Crippen LogP contribution in [0.2, 0.25) is 0 Å². The van der Waals surface area contributed by atoms with Crippen molar-refractivity contribution < 1.29 is 9.59 Å². The van der Waals surface area contributed by atoms with Crippen molar-refractivity contribution >= 4 is 28.8 Å². The number of thiazole rings is 1. The molecule has 24 heavy (non-hydrogen) atoms. The van der Waals surface area contributed by atoms with E-state index in [0.29, 0.717) is 11.3 Å². The Morgan fingerprint density at radius 1 is 1.21 bits per heavy atom. The highest BCUT2D eigenvalue weighted by atomic mass is 32.1. The molecule has 0 atom stereocenters. The molecule has 0 unspecified atom stereocenters. The fraction of sp³-hybridized carbons (Fsp3) is 0.389. The van der Waals surface area contributed by atoms with E-state index in [4.69, 9.17) is 0 Å². The Bertz CT molecular complexity index is 735. The lowest BCUT2D eigenvalue weighted by molar-refractivity contribution is -0.115. The molecule has 2 amide bonds. The summed E-state index contributed by atoms with van der Waals surface area (Å²) in [7, 11) is 0. The summed E-state index contributed by atoms with van der Waals surface area (Å²) in [5.74, 6) is -0.158. The quantitative estimate of drug-likeness (QED) is 0.927. The van der Waals surface area contributed by atoms with Gasteiger partial charge in [-0.25, -0.2) is 4.98 Å². The summed E-state index contributed by atoms with van der Waals surface area (Å²) in [6, 6.07) is 7.22. The molecule has 0 spiro atoms. The van der Waals surface area contributed by atoms with Crippen LogP contribution in [0.5, 0.6) is 0 Å². The monoisotopic (exact) mass is 343 g/mol. The number of hydrogen-bond acceptors (Lipinski definition) is 4. The number of benzene rings is 1. The van der Waals surface area contributed by atoms with Crippen LogP contribution >= 0.6 is 11.3 Å². The Labute approximate surface area is 145 Å². The van der Waals surface area contributed by atoms with Gasteiger partial charge in [-0.15, -0.1) is 11.3 Å². The maximum atomic E-state index is 12.7. The van der Waals surface area contributed by atoms with Crippen molar-refractivity contribution in [1.29, 1.82) is 0 Å². The molecule has 0 radical (unpaired) electrons. The molecule has 1 aliphatic rings. The summed E-state index contributed by atoms with van der Waals surface area (Å²) in [6.07, 6.45) is 3.48. The van der Waals surface area contributed by atoms with Crippen LogP contribution in [0.1, 0.15) is 40.3 Å². The number of piperidine rings is 1. The van der Waals surface area contributed by atoms with Crippen molar-refractivity contribution in [3.05, 3.63) is 45.9 Å². The van der Waals surface area contributed by atoms with Crippen LogP contribution < -0.4 is 5.32 Å². The molecule has 1 aromatic heterocycles. The molecule has 3 rings (SSSR count). The molecule has 1 saturated heterocycles. The van der Waals surface area contributed by atoms with Gasteiger partial charge >= 0.3 is 0 Å². The molecule has 0 aliphatic carbocycles. The van der Waals surface area contributed by atoms with Crippen molar-refractivity contribution in [2.24, 2.45) is 0 Å². The van der Waals surface area contributed by atoms with Gasteiger partial charge in [-0.2, -0.15) is 0 Å². The van der Waals surface area contributed by atoms with Crippen LogP contribution in [0.25, 0.3) is 0 Å². The maximum absolute atomic E-state index is 12.7. The van der Waals surface area contributed by atoms with Crippen LogP contribution in [-0.2, 0) is 11.2 Å². The van der Waals surface area contributed by atoms with E-state index in [1.54, 1.807) is 12.1 Å². The van der Waals surface area contributed by atoms with Crippen molar-refractivity contribution in [2.75, 3.05) is 18.4 Å². The molecule has 2 aromatic rings. The predicted molar refractivity (Wildman–Crippen MR) is 95.4 cm³/mol. The summed E-state index contributed by atoms with van der Waals surface area (Å²) in [4.78, 5) is 31.2. The third-order valence-electron chi connectivity index (χ3n) is 4.08. The fourth-order valence-electron chi connectivity index (χ4n) is 2.89. The number of nitrogens with one attached hydrogen (secondary N) is 1. The number of carbonyl (C=O) groups excluding carboxylic acids is 2. The first-order valence-electron chi connectivity index (χ1n) is 8.22. The highest BCUT2D eigenvalue weighted by molar-refractivity contribution is 7.09. The second-order valence-corrected chi connectivity index (χ2v) is 7.04. The molecule has 0 saturated carbocycles.